The molecule has 1 aromatic heterocycles. The van der Waals surface area contributed by atoms with Crippen molar-refractivity contribution in [3.63, 3.8) is 0 Å². The number of benzene rings is 2. The van der Waals surface area contributed by atoms with Gasteiger partial charge in [0.1, 0.15) is 0 Å². The fourth-order valence-corrected chi connectivity index (χ4v) is 2.28. The average Bonchev–Trinajstić information content (AvgIpc) is 2.97. The molecule has 0 aliphatic rings. The first-order valence-electron chi connectivity index (χ1n) is 6.54. The molecular weight excluding hydrogens is 332 g/mol. The van der Waals surface area contributed by atoms with E-state index in [2.05, 4.69) is 26.1 Å². The van der Waals surface area contributed by atoms with Crippen LogP contribution in [-0.4, -0.2) is 15.2 Å². The Kier molecular flexibility index (Phi) is 4.13. The summed E-state index contributed by atoms with van der Waals surface area (Å²) in [5, 5.41) is 14.1. The number of hydrogen-bond acceptors (Lipinski definition) is 4. The summed E-state index contributed by atoms with van der Waals surface area (Å²) in [5.41, 5.74) is 1.71. The molecule has 106 valence electrons. The van der Waals surface area contributed by atoms with E-state index in [4.69, 9.17) is 4.52 Å². The fraction of sp³-hybridized carbons (Fsp3) is 0.125. The molecule has 21 heavy (non-hydrogen) atoms. The van der Waals surface area contributed by atoms with E-state index in [1.807, 2.05) is 54.6 Å². The summed E-state index contributed by atoms with van der Waals surface area (Å²) in [7, 11) is 0. The summed E-state index contributed by atoms with van der Waals surface area (Å²) in [5.74, 6) is 0.946. The molecule has 4 nitrogen and oxygen atoms in total. The van der Waals surface area contributed by atoms with E-state index in [9.17, 15) is 5.11 Å². The molecule has 1 unspecified atom stereocenters. The van der Waals surface area contributed by atoms with Gasteiger partial charge in [-0.25, -0.2) is 0 Å². The summed E-state index contributed by atoms with van der Waals surface area (Å²) in [4.78, 5) is 4.32. The highest BCUT2D eigenvalue weighted by molar-refractivity contribution is 9.10. The van der Waals surface area contributed by atoms with Gasteiger partial charge in [-0.3, -0.25) is 0 Å². The monoisotopic (exact) mass is 344 g/mol. The van der Waals surface area contributed by atoms with Gasteiger partial charge in [0.15, 0.2) is 0 Å². The lowest BCUT2D eigenvalue weighted by Gasteiger charge is -2.07. The van der Waals surface area contributed by atoms with Crippen molar-refractivity contribution in [2.45, 2.75) is 12.5 Å². The molecule has 0 aliphatic heterocycles. The summed E-state index contributed by atoms with van der Waals surface area (Å²) in [6, 6.07) is 17.1. The van der Waals surface area contributed by atoms with E-state index < -0.39 is 6.10 Å². The van der Waals surface area contributed by atoms with Gasteiger partial charge in [-0.1, -0.05) is 51.4 Å². The Hall–Kier alpha value is -1.98. The van der Waals surface area contributed by atoms with E-state index in [0.29, 0.717) is 18.1 Å². The van der Waals surface area contributed by atoms with Crippen LogP contribution in [0.25, 0.3) is 11.4 Å². The van der Waals surface area contributed by atoms with E-state index in [-0.39, 0.29) is 0 Å². The van der Waals surface area contributed by atoms with Gasteiger partial charge >= 0.3 is 0 Å². The van der Waals surface area contributed by atoms with Crippen molar-refractivity contribution in [2.75, 3.05) is 0 Å². The van der Waals surface area contributed by atoms with Crippen LogP contribution in [0.2, 0.25) is 0 Å². The van der Waals surface area contributed by atoms with Crippen LogP contribution in [0.1, 0.15) is 17.6 Å². The molecule has 0 fully saturated rings. The zero-order valence-electron chi connectivity index (χ0n) is 11.1. The molecule has 2 aromatic carbocycles. The highest BCUT2D eigenvalue weighted by Gasteiger charge is 2.14. The molecule has 1 N–H and O–H groups in total. The van der Waals surface area contributed by atoms with Gasteiger partial charge < -0.3 is 9.63 Å². The lowest BCUT2D eigenvalue weighted by Crippen LogP contribution is -2.01. The van der Waals surface area contributed by atoms with Gasteiger partial charge in [0.05, 0.1) is 12.5 Å². The Morgan fingerprint density at radius 3 is 2.48 bits per heavy atom. The lowest BCUT2D eigenvalue weighted by atomic mass is 10.1. The summed E-state index contributed by atoms with van der Waals surface area (Å²) < 4.78 is 6.20. The molecule has 0 radical (unpaired) electrons. The number of aliphatic hydroxyl groups is 1. The second-order valence-corrected chi connectivity index (χ2v) is 5.56. The van der Waals surface area contributed by atoms with Gasteiger partial charge in [0.2, 0.25) is 11.7 Å². The summed E-state index contributed by atoms with van der Waals surface area (Å²) >= 11 is 3.38. The minimum atomic E-state index is -0.649. The Morgan fingerprint density at radius 1 is 1.05 bits per heavy atom. The first-order chi connectivity index (χ1) is 10.2. The standard InChI is InChI=1S/C16H13BrN2O2/c17-13-8-6-12(7-9-13)16-18-15(21-19-16)10-14(20)11-4-2-1-3-5-11/h1-9,14,20H,10H2. The Labute approximate surface area is 130 Å². The summed E-state index contributed by atoms with van der Waals surface area (Å²) in [6.07, 6.45) is -0.350. The molecule has 0 amide bonds. The third kappa shape index (κ3) is 3.37. The van der Waals surface area contributed by atoms with Crippen LogP contribution < -0.4 is 0 Å². The number of halogens is 1. The molecule has 0 aliphatic carbocycles. The average molecular weight is 345 g/mol. The molecule has 0 spiro atoms. The van der Waals surface area contributed by atoms with Crippen molar-refractivity contribution >= 4 is 15.9 Å². The molecule has 1 heterocycles. The number of aromatic nitrogens is 2. The fourth-order valence-electron chi connectivity index (χ4n) is 2.01. The maximum absolute atomic E-state index is 10.2. The van der Waals surface area contributed by atoms with E-state index in [1.54, 1.807) is 0 Å². The molecule has 3 rings (SSSR count). The minimum Gasteiger partial charge on any atom is -0.388 e. The summed E-state index contributed by atoms with van der Waals surface area (Å²) in [6.45, 7) is 0. The number of aliphatic hydroxyl groups excluding tert-OH is 1. The zero-order chi connectivity index (χ0) is 14.7. The first kappa shape index (κ1) is 14.0. The van der Waals surface area contributed by atoms with Gasteiger partial charge in [-0.05, 0) is 29.8 Å². The Bertz CT molecular complexity index is 711. The van der Waals surface area contributed by atoms with Gasteiger partial charge in [-0.15, -0.1) is 0 Å². The highest BCUT2D eigenvalue weighted by Crippen LogP contribution is 2.21. The molecular formula is C16H13BrN2O2. The molecule has 5 heteroatoms. The molecule has 3 aromatic rings. The van der Waals surface area contributed by atoms with Crippen LogP contribution in [0.3, 0.4) is 0 Å². The van der Waals surface area contributed by atoms with Crippen molar-refractivity contribution in [3.8, 4) is 11.4 Å². The van der Waals surface area contributed by atoms with Gasteiger partial charge in [0, 0.05) is 10.0 Å². The minimum absolute atomic E-state index is 0.299. The molecule has 0 saturated heterocycles. The van der Waals surface area contributed by atoms with Crippen LogP contribution >= 0.6 is 15.9 Å². The van der Waals surface area contributed by atoms with Crippen LogP contribution in [0, 0.1) is 0 Å². The largest absolute Gasteiger partial charge is 0.388 e. The number of rotatable bonds is 4. The zero-order valence-corrected chi connectivity index (χ0v) is 12.7. The molecule has 0 bridgehead atoms. The lowest BCUT2D eigenvalue weighted by molar-refractivity contribution is 0.165. The number of hydrogen-bond donors (Lipinski definition) is 1. The van der Waals surface area contributed by atoms with Crippen LogP contribution in [0.4, 0.5) is 0 Å². The molecule has 0 saturated carbocycles. The third-order valence-corrected chi connectivity index (χ3v) is 3.65. The Morgan fingerprint density at radius 2 is 1.76 bits per heavy atom. The predicted octanol–water partition coefficient (Wildman–Crippen LogP) is 3.78. The topological polar surface area (TPSA) is 59.2 Å². The van der Waals surface area contributed by atoms with Crippen LogP contribution in [-0.2, 0) is 6.42 Å². The van der Waals surface area contributed by atoms with E-state index >= 15 is 0 Å². The normalized spacial score (nSPS) is 12.3. The highest BCUT2D eigenvalue weighted by atomic mass is 79.9. The van der Waals surface area contributed by atoms with Crippen molar-refractivity contribution < 1.29 is 9.63 Å². The molecule has 1 atom stereocenters. The smallest absolute Gasteiger partial charge is 0.229 e. The van der Waals surface area contributed by atoms with Crippen LogP contribution in [0.15, 0.2) is 63.6 Å². The van der Waals surface area contributed by atoms with E-state index in [0.717, 1.165) is 15.6 Å². The van der Waals surface area contributed by atoms with Crippen molar-refractivity contribution in [1.29, 1.82) is 0 Å². The predicted molar refractivity (Wildman–Crippen MR) is 82.5 cm³/mol. The van der Waals surface area contributed by atoms with Gasteiger partial charge in [-0.2, -0.15) is 4.98 Å². The van der Waals surface area contributed by atoms with Gasteiger partial charge in [0.25, 0.3) is 0 Å². The van der Waals surface area contributed by atoms with Crippen molar-refractivity contribution in [2.24, 2.45) is 0 Å². The quantitative estimate of drug-likeness (QED) is 0.782. The number of nitrogens with zero attached hydrogens (tertiary/aromatic N) is 2. The van der Waals surface area contributed by atoms with E-state index in [1.165, 1.54) is 0 Å². The SMILES string of the molecule is OC(Cc1nc(-c2ccc(Br)cc2)no1)c1ccccc1. The second-order valence-electron chi connectivity index (χ2n) is 4.65. The second kappa shape index (κ2) is 6.20. The van der Waals surface area contributed by atoms with Crippen molar-refractivity contribution in [1.82, 2.24) is 10.1 Å². The maximum Gasteiger partial charge on any atom is 0.229 e. The Balaban J connectivity index is 1.75. The van der Waals surface area contributed by atoms with Crippen LogP contribution in [0.5, 0.6) is 0 Å². The third-order valence-electron chi connectivity index (χ3n) is 3.12. The van der Waals surface area contributed by atoms with Crippen molar-refractivity contribution in [3.05, 3.63) is 70.5 Å². The maximum atomic E-state index is 10.2. The first-order valence-corrected chi connectivity index (χ1v) is 7.33.